The molecule has 2 N–H and O–H groups in total. The zero-order chi connectivity index (χ0) is 14.9. The Labute approximate surface area is 120 Å². The Morgan fingerprint density at radius 1 is 1.05 bits per heavy atom. The molecule has 0 aliphatic carbocycles. The molecule has 0 bridgehead atoms. The number of rotatable bonds is 2. The first-order valence-electron chi connectivity index (χ1n) is 5.36. The maximum atomic E-state index is 13.5. The van der Waals surface area contributed by atoms with Crippen LogP contribution in [0, 0.1) is 5.82 Å². The van der Waals surface area contributed by atoms with Gasteiger partial charge in [0.05, 0.1) is 5.56 Å². The number of anilines is 1. The molecular formula is C13H8BrF4NO. The van der Waals surface area contributed by atoms with Gasteiger partial charge in [-0.15, -0.1) is 0 Å². The van der Waals surface area contributed by atoms with Crippen LogP contribution >= 0.6 is 15.9 Å². The summed E-state index contributed by atoms with van der Waals surface area (Å²) < 4.78 is 57.1. The van der Waals surface area contributed by atoms with Gasteiger partial charge in [-0.05, 0) is 30.3 Å². The van der Waals surface area contributed by atoms with Crippen molar-refractivity contribution in [3.05, 3.63) is 52.3 Å². The van der Waals surface area contributed by atoms with E-state index in [-0.39, 0.29) is 17.2 Å². The number of nitrogens with two attached hydrogens (primary N) is 1. The molecule has 0 atom stereocenters. The summed E-state index contributed by atoms with van der Waals surface area (Å²) in [6.45, 7) is 0. The van der Waals surface area contributed by atoms with Gasteiger partial charge < -0.3 is 10.5 Å². The number of benzene rings is 2. The van der Waals surface area contributed by atoms with E-state index in [2.05, 4.69) is 15.9 Å². The summed E-state index contributed by atoms with van der Waals surface area (Å²) in [7, 11) is 0. The second-order valence-electron chi connectivity index (χ2n) is 3.97. The molecule has 0 aliphatic heterocycles. The SMILES string of the molecule is Nc1cc(Oc2cc(Br)ccc2F)cc(C(F)(F)F)c1. The average molecular weight is 350 g/mol. The Balaban J connectivity index is 2.39. The number of nitrogen functional groups attached to an aromatic ring is 1. The lowest BCUT2D eigenvalue weighted by Crippen LogP contribution is -2.06. The van der Waals surface area contributed by atoms with Gasteiger partial charge >= 0.3 is 6.18 Å². The van der Waals surface area contributed by atoms with Gasteiger partial charge in [0.15, 0.2) is 11.6 Å². The van der Waals surface area contributed by atoms with Crippen LogP contribution < -0.4 is 10.5 Å². The fourth-order valence-electron chi connectivity index (χ4n) is 1.53. The van der Waals surface area contributed by atoms with Crippen molar-refractivity contribution >= 4 is 21.6 Å². The van der Waals surface area contributed by atoms with Gasteiger partial charge in [-0.1, -0.05) is 15.9 Å². The van der Waals surface area contributed by atoms with Crippen molar-refractivity contribution in [2.24, 2.45) is 0 Å². The molecule has 0 unspecified atom stereocenters. The molecule has 0 aromatic heterocycles. The lowest BCUT2D eigenvalue weighted by molar-refractivity contribution is -0.137. The van der Waals surface area contributed by atoms with Crippen LogP contribution in [0.3, 0.4) is 0 Å². The van der Waals surface area contributed by atoms with Crippen LogP contribution in [0.25, 0.3) is 0 Å². The van der Waals surface area contributed by atoms with Gasteiger partial charge in [-0.2, -0.15) is 13.2 Å². The normalized spacial score (nSPS) is 11.4. The summed E-state index contributed by atoms with van der Waals surface area (Å²) in [5.41, 5.74) is 4.32. The topological polar surface area (TPSA) is 35.2 Å². The largest absolute Gasteiger partial charge is 0.454 e. The highest BCUT2D eigenvalue weighted by Gasteiger charge is 2.31. The molecule has 0 amide bonds. The van der Waals surface area contributed by atoms with E-state index in [0.717, 1.165) is 18.2 Å². The van der Waals surface area contributed by atoms with Crippen LogP contribution in [-0.4, -0.2) is 0 Å². The molecule has 2 rings (SSSR count). The summed E-state index contributed by atoms with van der Waals surface area (Å²) in [6.07, 6.45) is -4.55. The molecule has 0 spiro atoms. The van der Waals surface area contributed by atoms with Crippen molar-refractivity contribution < 1.29 is 22.3 Å². The first-order chi connectivity index (χ1) is 9.25. The van der Waals surface area contributed by atoms with E-state index < -0.39 is 17.6 Å². The molecular weight excluding hydrogens is 342 g/mol. The highest BCUT2D eigenvalue weighted by atomic mass is 79.9. The fourth-order valence-corrected chi connectivity index (χ4v) is 1.87. The molecule has 7 heteroatoms. The minimum atomic E-state index is -4.55. The molecule has 2 aromatic rings. The zero-order valence-electron chi connectivity index (χ0n) is 9.84. The highest BCUT2D eigenvalue weighted by molar-refractivity contribution is 9.10. The quantitative estimate of drug-likeness (QED) is 0.612. The van der Waals surface area contributed by atoms with Crippen molar-refractivity contribution in [3.63, 3.8) is 0 Å². The van der Waals surface area contributed by atoms with Crippen LogP contribution in [0.1, 0.15) is 5.56 Å². The van der Waals surface area contributed by atoms with Gasteiger partial charge in [0.25, 0.3) is 0 Å². The minimum absolute atomic E-state index is 0.120. The van der Waals surface area contributed by atoms with E-state index in [1.807, 2.05) is 0 Å². The molecule has 20 heavy (non-hydrogen) atoms. The third-order valence-corrected chi connectivity index (χ3v) is 2.87. The molecule has 2 aromatic carbocycles. The number of alkyl halides is 3. The molecule has 0 heterocycles. The van der Waals surface area contributed by atoms with Crippen LogP contribution in [-0.2, 0) is 6.18 Å². The molecule has 2 nitrogen and oxygen atoms in total. The van der Waals surface area contributed by atoms with Crippen LogP contribution in [0.15, 0.2) is 40.9 Å². The predicted molar refractivity (Wildman–Crippen MR) is 70.0 cm³/mol. The molecule has 0 fully saturated rings. The minimum Gasteiger partial charge on any atom is -0.454 e. The summed E-state index contributed by atoms with van der Waals surface area (Å²) in [5.74, 6) is -1.07. The second-order valence-corrected chi connectivity index (χ2v) is 4.88. The highest BCUT2D eigenvalue weighted by Crippen LogP contribution is 2.35. The lowest BCUT2D eigenvalue weighted by Gasteiger charge is -2.12. The number of hydrogen-bond donors (Lipinski definition) is 1. The van der Waals surface area contributed by atoms with Crippen molar-refractivity contribution in [1.82, 2.24) is 0 Å². The second kappa shape index (κ2) is 5.32. The standard InChI is InChI=1S/C13H8BrF4NO/c14-8-1-2-11(15)12(5-8)20-10-4-7(13(16,17)18)3-9(19)6-10/h1-6H,19H2. The monoisotopic (exact) mass is 349 g/mol. The smallest absolute Gasteiger partial charge is 0.416 e. The van der Waals surface area contributed by atoms with E-state index in [1.165, 1.54) is 18.2 Å². The maximum Gasteiger partial charge on any atom is 0.416 e. The molecule has 0 aliphatic rings. The molecule has 0 saturated heterocycles. The Morgan fingerprint density at radius 2 is 1.75 bits per heavy atom. The van der Waals surface area contributed by atoms with Crippen LogP contribution in [0.4, 0.5) is 23.2 Å². The Hall–Kier alpha value is -1.76. The Kier molecular flexibility index (Phi) is 3.89. The summed E-state index contributed by atoms with van der Waals surface area (Å²) in [5, 5.41) is 0. The number of hydrogen-bond acceptors (Lipinski definition) is 2. The van der Waals surface area contributed by atoms with Crippen molar-refractivity contribution in [2.75, 3.05) is 5.73 Å². The average Bonchev–Trinajstić information content (AvgIpc) is 2.32. The molecule has 106 valence electrons. The van der Waals surface area contributed by atoms with Crippen molar-refractivity contribution in [3.8, 4) is 11.5 Å². The third-order valence-electron chi connectivity index (χ3n) is 2.38. The zero-order valence-corrected chi connectivity index (χ0v) is 11.4. The van der Waals surface area contributed by atoms with E-state index in [0.29, 0.717) is 4.47 Å². The maximum absolute atomic E-state index is 13.5. The summed E-state index contributed by atoms with van der Waals surface area (Å²) in [6, 6.07) is 6.63. The van der Waals surface area contributed by atoms with Gasteiger partial charge in [0.1, 0.15) is 5.75 Å². The van der Waals surface area contributed by atoms with Gasteiger partial charge in [-0.3, -0.25) is 0 Å². The van der Waals surface area contributed by atoms with Crippen LogP contribution in [0.5, 0.6) is 11.5 Å². The first kappa shape index (κ1) is 14.6. The summed E-state index contributed by atoms with van der Waals surface area (Å²) >= 11 is 3.12. The summed E-state index contributed by atoms with van der Waals surface area (Å²) in [4.78, 5) is 0. The van der Waals surface area contributed by atoms with Crippen molar-refractivity contribution in [1.29, 1.82) is 0 Å². The predicted octanol–water partition coefficient (Wildman–Crippen LogP) is 4.98. The van der Waals surface area contributed by atoms with E-state index in [1.54, 1.807) is 0 Å². The van der Waals surface area contributed by atoms with E-state index in [4.69, 9.17) is 10.5 Å². The van der Waals surface area contributed by atoms with Gasteiger partial charge in [0.2, 0.25) is 0 Å². The Bertz CT molecular complexity index is 643. The van der Waals surface area contributed by atoms with E-state index in [9.17, 15) is 17.6 Å². The van der Waals surface area contributed by atoms with Gasteiger partial charge in [-0.25, -0.2) is 4.39 Å². The van der Waals surface area contributed by atoms with Crippen molar-refractivity contribution in [2.45, 2.75) is 6.18 Å². The third kappa shape index (κ3) is 3.41. The first-order valence-corrected chi connectivity index (χ1v) is 6.15. The fraction of sp³-hybridized carbons (Fsp3) is 0.0769. The Morgan fingerprint density at radius 3 is 2.40 bits per heavy atom. The number of halogens is 5. The van der Waals surface area contributed by atoms with E-state index >= 15 is 0 Å². The lowest BCUT2D eigenvalue weighted by atomic mass is 10.2. The van der Waals surface area contributed by atoms with Gasteiger partial charge in [0, 0.05) is 16.2 Å². The molecule has 0 saturated carbocycles. The number of ether oxygens (including phenoxy) is 1. The molecule has 0 radical (unpaired) electrons. The van der Waals surface area contributed by atoms with Crippen LogP contribution in [0.2, 0.25) is 0 Å².